The Morgan fingerprint density at radius 1 is 1.00 bits per heavy atom. The average molecular weight is 527 g/mol. The Morgan fingerprint density at radius 3 is 2.18 bits per heavy atom. The fourth-order valence-electron chi connectivity index (χ4n) is 5.29. The molecule has 0 bridgehead atoms. The molecule has 212 valence electrons. The van der Waals surface area contributed by atoms with Gasteiger partial charge in [0, 0.05) is 32.3 Å². The zero-order valence-electron chi connectivity index (χ0n) is 25.0. The van der Waals surface area contributed by atoms with Crippen LogP contribution in [0.4, 0.5) is 0 Å². The zero-order chi connectivity index (χ0) is 28.6. The summed E-state index contributed by atoms with van der Waals surface area (Å²) in [6.45, 7) is 15.5. The van der Waals surface area contributed by atoms with Gasteiger partial charge in [0.25, 0.3) is 0 Å². The van der Waals surface area contributed by atoms with Gasteiger partial charge in [-0.2, -0.15) is 0 Å². The van der Waals surface area contributed by atoms with E-state index < -0.39 is 6.04 Å². The van der Waals surface area contributed by atoms with Crippen LogP contribution in [-0.4, -0.2) is 77.2 Å². The summed E-state index contributed by atoms with van der Waals surface area (Å²) in [6.07, 6.45) is 4.83. The summed E-state index contributed by atoms with van der Waals surface area (Å²) >= 11 is 0. The summed E-state index contributed by atoms with van der Waals surface area (Å²) in [5.74, 6) is -0.247. The highest BCUT2D eigenvalue weighted by Gasteiger charge is 2.36. The van der Waals surface area contributed by atoms with E-state index in [9.17, 15) is 14.4 Å². The summed E-state index contributed by atoms with van der Waals surface area (Å²) in [5, 5.41) is 3.10. The van der Waals surface area contributed by atoms with E-state index in [1.54, 1.807) is 23.9 Å². The molecule has 1 fully saturated rings. The van der Waals surface area contributed by atoms with Gasteiger partial charge in [0.2, 0.25) is 17.7 Å². The van der Waals surface area contributed by atoms with Gasteiger partial charge in [-0.1, -0.05) is 70.5 Å². The number of hydrogen-bond acceptors (Lipinski definition) is 4. The van der Waals surface area contributed by atoms with Gasteiger partial charge in [-0.25, -0.2) is 0 Å². The second-order valence-electron chi connectivity index (χ2n) is 11.8. The molecule has 0 spiro atoms. The first-order valence-corrected chi connectivity index (χ1v) is 14.2. The van der Waals surface area contributed by atoms with E-state index in [-0.39, 0.29) is 47.7 Å². The Labute approximate surface area is 230 Å². The molecule has 1 heterocycles. The van der Waals surface area contributed by atoms with Crippen molar-refractivity contribution in [2.45, 2.75) is 98.4 Å². The topological polar surface area (TPSA) is 73.0 Å². The van der Waals surface area contributed by atoms with Crippen molar-refractivity contribution in [1.29, 1.82) is 0 Å². The largest absolute Gasteiger partial charge is 0.343 e. The van der Waals surface area contributed by atoms with E-state index in [2.05, 4.69) is 24.1 Å². The van der Waals surface area contributed by atoms with Crippen LogP contribution < -0.4 is 5.32 Å². The Hall–Kier alpha value is -2.67. The first-order chi connectivity index (χ1) is 17.8. The Morgan fingerprint density at radius 2 is 1.63 bits per heavy atom. The third kappa shape index (κ3) is 8.42. The fraction of sp³-hybridized carbons (Fsp3) is 0.645. The lowest BCUT2D eigenvalue weighted by Gasteiger charge is -2.39. The molecule has 1 aromatic rings. The van der Waals surface area contributed by atoms with Crippen molar-refractivity contribution in [3.05, 3.63) is 47.5 Å². The molecule has 2 rings (SSSR count). The minimum absolute atomic E-state index is 0.0654. The van der Waals surface area contributed by atoms with Crippen LogP contribution in [0.2, 0.25) is 0 Å². The summed E-state index contributed by atoms with van der Waals surface area (Å²) < 4.78 is 0. The predicted octanol–water partition coefficient (Wildman–Crippen LogP) is 4.48. The molecule has 1 saturated heterocycles. The van der Waals surface area contributed by atoms with E-state index >= 15 is 0 Å². The van der Waals surface area contributed by atoms with Crippen LogP contribution in [-0.2, 0) is 20.9 Å². The number of likely N-dealkylation sites (N-methyl/N-ethyl adjacent to an activating group) is 2. The number of rotatable bonds is 11. The molecule has 0 saturated carbocycles. The fourth-order valence-corrected chi connectivity index (χ4v) is 5.29. The van der Waals surface area contributed by atoms with Crippen molar-refractivity contribution in [3.8, 4) is 0 Å². The molecule has 1 aliphatic rings. The average Bonchev–Trinajstić information content (AvgIpc) is 2.88. The second kappa shape index (κ2) is 14.5. The van der Waals surface area contributed by atoms with E-state index in [0.717, 1.165) is 31.4 Å². The number of amides is 3. The number of hydrogen-bond donors (Lipinski definition) is 1. The van der Waals surface area contributed by atoms with Crippen LogP contribution in [0, 0.1) is 11.8 Å². The zero-order valence-corrected chi connectivity index (χ0v) is 25.0. The molecule has 0 radical (unpaired) electrons. The quantitative estimate of drug-likeness (QED) is 0.432. The van der Waals surface area contributed by atoms with E-state index in [0.29, 0.717) is 12.1 Å². The summed E-state index contributed by atoms with van der Waals surface area (Å²) in [4.78, 5) is 45.9. The molecule has 1 aliphatic heterocycles. The van der Waals surface area contributed by atoms with E-state index in [1.165, 1.54) is 0 Å². The minimum Gasteiger partial charge on any atom is -0.343 e. The van der Waals surface area contributed by atoms with Gasteiger partial charge in [-0.05, 0) is 57.6 Å². The Balaban J connectivity index is 2.17. The van der Waals surface area contributed by atoms with Crippen molar-refractivity contribution >= 4 is 17.7 Å². The van der Waals surface area contributed by atoms with Gasteiger partial charge in [-0.3, -0.25) is 19.3 Å². The maximum atomic E-state index is 13.8. The number of nitrogens with zero attached hydrogens (tertiary/aromatic N) is 3. The molecule has 7 heteroatoms. The lowest BCUT2D eigenvalue weighted by Crippen LogP contribution is -2.58. The van der Waals surface area contributed by atoms with Crippen LogP contribution in [0.1, 0.15) is 73.3 Å². The van der Waals surface area contributed by atoms with Gasteiger partial charge < -0.3 is 15.1 Å². The molecular formula is C31H50N4O3. The van der Waals surface area contributed by atoms with Gasteiger partial charge in [0.1, 0.15) is 6.04 Å². The number of carbonyl (C=O) groups excluding carboxylic acids is 3. The van der Waals surface area contributed by atoms with Gasteiger partial charge in [0.05, 0.1) is 12.1 Å². The van der Waals surface area contributed by atoms with Gasteiger partial charge >= 0.3 is 0 Å². The Kier molecular flexibility index (Phi) is 12.0. The number of benzene rings is 1. The second-order valence-corrected chi connectivity index (χ2v) is 11.8. The van der Waals surface area contributed by atoms with E-state index in [1.807, 2.05) is 71.0 Å². The molecule has 1 unspecified atom stereocenters. The van der Waals surface area contributed by atoms with Crippen LogP contribution in [0.25, 0.3) is 0 Å². The maximum absolute atomic E-state index is 13.8. The Bertz CT molecular complexity index is 957. The smallest absolute Gasteiger partial charge is 0.249 e. The highest BCUT2D eigenvalue weighted by Crippen LogP contribution is 2.22. The molecule has 3 amide bonds. The molecule has 1 N–H and O–H groups in total. The first kappa shape index (κ1) is 31.5. The third-order valence-corrected chi connectivity index (χ3v) is 7.59. The maximum Gasteiger partial charge on any atom is 0.249 e. The van der Waals surface area contributed by atoms with Crippen LogP contribution in [0.15, 0.2) is 42.0 Å². The molecular weight excluding hydrogens is 476 g/mol. The molecule has 0 aromatic heterocycles. The summed E-state index contributed by atoms with van der Waals surface area (Å²) in [7, 11) is 3.57. The molecule has 7 nitrogen and oxygen atoms in total. The van der Waals surface area contributed by atoms with Crippen molar-refractivity contribution in [2.24, 2.45) is 11.8 Å². The number of piperidine rings is 1. The highest BCUT2D eigenvalue weighted by molar-refractivity contribution is 5.93. The minimum atomic E-state index is -0.630. The number of carbonyl (C=O) groups is 3. The third-order valence-electron chi connectivity index (χ3n) is 7.59. The van der Waals surface area contributed by atoms with E-state index in [4.69, 9.17) is 0 Å². The first-order valence-electron chi connectivity index (χ1n) is 14.2. The summed E-state index contributed by atoms with van der Waals surface area (Å²) in [6, 6.07) is 9.04. The van der Waals surface area contributed by atoms with Crippen molar-refractivity contribution in [3.63, 3.8) is 0 Å². The summed E-state index contributed by atoms with van der Waals surface area (Å²) in [5.41, 5.74) is 1.66. The molecule has 3 atom stereocenters. The van der Waals surface area contributed by atoms with Gasteiger partial charge in [0.15, 0.2) is 0 Å². The van der Waals surface area contributed by atoms with Crippen molar-refractivity contribution < 1.29 is 14.4 Å². The molecule has 0 aliphatic carbocycles. The lowest BCUT2D eigenvalue weighted by atomic mass is 9.95. The molecule has 38 heavy (non-hydrogen) atoms. The number of likely N-dealkylation sites (tertiary alicyclic amines) is 1. The van der Waals surface area contributed by atoms with Crippen LogP contribution in [0.3, 0.4) is 0 Å². The van der Waals surface area contributed by atoms with Crippen LogP contribution >= 0.6 is 0 Å². The predicted molar refractivity (Wildman–Crippen MR) is 154 cm³/mol. The highest BCUT2D eigenvalue weighted by atomic mass is 16.2. The monoisotopic (exact) mass is 526 g/mol. The normalized spacial score (nSPS) is 18.4. The molecule has 1 aromatic carbocycles. The standard InChI is InChI=1S/C31H50N4O3/c1-21(2)27(19-24(7)30(37)33(8)20-25-15-11-10-12-16-25)34(9)31(38)28(22(3)4)32-29(36)26-17-13-14-18-35(26)23(5)6/h10-12,15-16,19,21-23,26-28H,13-14,17-18,20H2,1-9H3,(H,32,36)/t26-,27?,28+/m1/s1. The van der Waals surface area contributed by atoms with Crippen molar-refractivity contribution in [1.82, 2.24) is 20.0 Å². The SMILES string of the molecule is CC(=CC(C(C)C)N(C)C(=O)[C@@H](NC(=O)[C@H]1CCCCN1C(C)C)C(C)C)C(=O)N(C)Cc1ccccc1. The van der Waals surface area contributed by atoms with Crippen molar-refractivity contribution in [2.75, 3.05) is 20.6 Å². The number of nitrogens with one attached hydrogen (secondary N) is 1. The van der Waals surface area contributed by atoms with Gasteiger partial charge in [-0.15, -0.1) is 0 Å². The van der Waals surface area contributed by atoms with Crippen LogP contribution in [0.5, 0.6) is 0 Å². The lowest BCUT2D eigenvalue weighted by molar-refractivity contribution is -0.140.